The molecule has 1 atom stereocenters. The number of methoxy groups -OCH3 is 1. The van der Waals surface area contributed by atoms with E-state index in [1.807, 2.05) is 72.4 Å². The number of rotatable bonds is 8. The van der Waals surface area contributed by atoms with E-state index in [2.05, 4.69) is 5.32 Å². The second-order valence-electron chi connectivity index (χ2n) is 8.69. The number of carbonyl (C=O) groups is 2. The lowest BCUT2D eigenvalue weighted by molar-refractivity contribution is -0.126. The highest BCUT2D eigenvalue weighted by Gasteiger charge is 2.31. The molecule has 1 N–H and O–H groups in total. The van der Waals surface area contributed by atoms with Gasteiger partial charge in [-0.05, 0) is 37.0 Å². The Balaban J connectivity index is 1.63. The molecular weight excluding hydrogens is 428 g/mol. The molecule has 0 radical (unpaired) electrons. The molecule has 0 aliphatic carbocycles. The fraction of sp³-hybridized carbons (Fsp3) is 0.370. The molecule has 7 nitrogen and oxygen atoms in total. The van der Waals surface area contributed by atoms with Crippen LogP contribution < -0.4 is 10.1 Å². The van der Waals surface area contributed by atoms with Crippen molar-refractivity contribution < 1.29 is 14.3 Å². The van der Waals surface area contributed by atoms with Crippen molar-refractivity contribution in [2.24, 2.45) is 5.92 Å². The molecule has 34 heavy (non-hydrogen) atoms. The van der Waals surface area contributed by atoms with Gasteiger partial charge in [0.05, 0.1) is 25.1 Å². The minimum Gasteiger partial charge on any atom is -0.497 e. The summed E-state index contributed by atoms with van der Waals surface area (Å²) in [7, 11) is 1.62. The summed E-state index contributed by atoms with van der Waals surface area (Å²) in [6.07, 6.45) is 4.33. The highest BCUT2D eigenvalue weighted by atomic mass is 16.5. The maximum Gasteiger partial charge on any atom is 0.257 e. The first-order valence-electron chi connectivity index (χ1n) is 11.9. The number of nitrogens with zero attached hydrogens (tertiary/aromatic N) is 3. The van der Waals surface area contributed by atoms with E-state index in [0.717, 1.165) is 30.4 Å². The molecule has 3 aromatic rings. The van der Waals surface area contributed by atoms with Crippen LogP contribution in [0.2, 0.25) is 0 Å². The van der Waals surface area contributed by atoms with Gasteiger partial charge in [0.2, 0.25) is 5.91 Å². The SMILES string of the molecule is CCCNC(=O)C1CCCN(C(=O)c2cn(Cc3ccccc3)nc2-c2cccc(OC)c2)C1. The number of carbonyl (C=O) groups excluding carboxylic acids is 2. The van der Waals surface area contributed by atoms with Crippen molar-refractivity contribution in [1.29, 1.82) is 0 Å². The van der Waals surface area contributed by atoms with Gasteiger partial charge < -0.3 is 15.0 Å². The number of hydrogen-bond donors (Lipinski definition) is 1. The molecule has 0 spiro atoms. The van der Waals surface area contributed by atoms with Crippen LogP contribution in [0.25, 0.3) is 11.3 Å². The zero-order valence-electron chi connectivity index (χ0n) is 19.9. The van der Waals surface area contributed by atoms with Crippen molar-refractivity contribution in [3.05, 3.63) is 71.9 Å². The fourth-order valence-corrected chi connectivity index (χ4v) is 4.35. The fourth-order valence-electron chi connectivity index (χ4n) is 4.35. The zero-order chi connectivity index (χ0) is 23.9. The van der Waals surface area contributed by atoms with E-state index in [0.29, 0.717) is 43.2 Å². The van der Waals surface area contributed by atoms with E-state index in [4.69, 9.17) is 9.84 Å². The average Bonchev–Trinajstić information content (AvgIpc) is 3.31. The second-order valence-corrected chi connectivity index (χ2v) is 8.69. The molecule has 0 saturated carbocycles. The topological polar surface area (TPSA) is 76.5 Å². The summed E-state index contributed by atoms with van der Waals surface area (Å²) in [5.74, 6) is 0.472. The van der Waals surface area contributed by atoms with Gasteiger partial charge in [0.1, 0.15) is 11.4 Å². The average molecular weight is 461 g/mol. The van der Waals surface area contributed by atoms with Gasteiger partial charge in [-0.25, -0.2) is 0 Å². The summed E-state index contributed by atoms with van der Waals surface area (Å²) >= 11 is 0. The molecule has 1 aromatic heterocycles. The number of nitrogens with one attached hydrogen (secondary N) is 1. The monoisotopic (exact) mass is 460 g/mol. The van der Waals surface area contributed by atoms with Crippen LogP contribution in [-0.2, 0) is 11.3 Å². The predicted molar refractivity (Wildman–Crippen MR) is 132 cm³/mol. The Kier molecular flexibility index (Phi) is 7.62. The van der Waals surface area contributed by atoms with E-state index in [1.165, 1.54) is 0 Å². The first-order chi connectivity index (χ1) is 16.6. The Morgan fingerprint density at radius 3 is 2.74 bits per heavy atom. The lowest BCUT2D eigenvalue weighted by Crippen LogP contribution is -2.45. The van der Waals surface area contributed by atoms with Gasteiger partial charge in [-0.3, -0.25) is 14.3 Å². The van der Waals surface area contributed by atoms with Gasteiger partial charge in [-0.15, -0.1) is 0 Å². The molecule has 1 aliphatic rings. The number of benzene rings is 2. The number of piperidine rings is 1. The van der Waals surface area contributed by atoms with Crippen LogP contribution in [0.3, 0.4) is 0 Å². The Labute approximate surface area is 200 Å². The first-order valence-corrected chi connectivity index (χ1v) is 11.9. The van der Waals surface area contributed by atoms with Crippen LogP contribution >= 0.6 is 0 Å². The Bertz CT molecular complexity index is 1130. The van der Waals surface area contributed by atoms with Crippen LogP contribution in [-0.4, -0.2) is 53.2 Å². The minimum absolute atomic E-state index is 0.0344. The number of hydrogen-bond acceptors (Lipinski definition) is 4. The van der Waals surface area contributed by atoms with Crippen LogP contribution in [0.15, 0.2) is 60.8 Å². The standard InChI is InChI=1S/C27H32N4O3/c1-3-14-28-26(32)22-12-8-15-30(18-22)27(33)24-19-31(17-20-9-5-4-6-10-20)29-25(24)21-11-7-13-23(16-21)34-2/h4-7,9-11,13,16,19,22H,3,8,12,14-15,17-18H2,1-2H3,(H,28,32). The molecule has 7 heteroatoms. The maximum atomic E-state index is 13.7. The Morgan fingerprint density at radius 1 is 1.15 bits per heavy atom. The number of amides is 2. The van der Waals surface area contributed by atoms with Crippen molar-refractivity contribution in [3.63, 3.8) is 0 Å². The molecule has 1 saturated heterocycles. The normalized spacial score (nSPS) is 15.7. The van der Waals surface area contributed by atoms with Gasteiger partial charge >= 0.3 is 0 Å². The maximum absolute atomic E-state index is 13.7. The largest absolute Gasteiger partial charge is 0.497 e. The van der Waals surface area contributed by atoms with Gasteiger partial charge in [0, 0.05) is 31.4 Å². The minimum atomic E-state index is -0.177. The molecule has 2 aromatic carbocycles. The van der Waals surface area contributed by atoms with Crippen molar-refractivity contribution in [1.82, 2.24) is 20.0 Å². The van der Waals surface area contributed by atoms with E-state index >= 15 is 0 Å². The van der Waals surface area contributed by atoms with Gasteiger partial charge in [-0.2, -0.15) is 5.10 Å². The smallest absolute Gasteiger partial charge is 0.257 e. The summed E-state index contributed by atoms with van der Waals surface area (Å²) in [5.41, 5.74) is 3.09. The van der Waals surface area contributed by atoms with Gasteiger partial charge in [0.15, 0.2) is 0 Å². The molecule has 2 heterocycles. The number of likely N-dealkylation sites (tertiary alicyclic amines) is 1. The van der Waals surface area contributed by atoms with Gasteiger partial charge in [0.25, 0.3) is 5.91 Å². The van der Waals surface area contributed by atoms with Crippen molar-refractivity contribution in [2.75, 3.05) is 26.7 Å². The second kappa shape index (κ2) is 11.0. The summed E-state index contributed by atoms with van der Waals surface area (Å²) in [6, 6.07) is 17.6. The molecule has 2 amide bonds. The molecule has 4 rings (SSSR count). The van der Waals surface area contributed by atoms with Gasteiger partial charge in [-0.1, -0.05) is 49.4 Å². The molecular formula is C27H32N4O3. The lowest BCUT2D eigenvalue weighted by Gasteiger charge is -2.32. The van der Waals surface area contributed by atoms with Crippen molar-refractivity contribution in [2.45, 2.75) is 32.7 Å². The number of ether oxygens (including phenoxy) is 1. The lowest BCUT2D eigenvalue weighted by atomic mass is 9.96. The van der Waals surface area contributed by atoms with Crippen molar-refractivity contribution in [3.8, 4) is 17.0 Å². The highest BCUT2D eigenvalue weighted by Crippen LogP contribution is 2.28. The number of aromatic nitrogens is 2. The summed E-state index contributed by atoms with van der Waals surface area (Å²) < 4.78 is 7.21. The molecule has 178 valence electrons. The van der Waals surface area contributed by atoms with E-state index in [1.54, 1.807) is 12.0 Å². The van der Waals surface area contributed by atoms with E-state index < -0.39 is 0 Å². The third kappa shape index (κ3) is 5.47. The summed E-state index contributed by atoms with van der Waals surface area (Å²) in [5, 5.41) is 7.77. The molecule has 1 fully saturated rings. The third-order valence-corrected chi connectivity index (χ3v) is 6.15. The molecule has 1 unspecified atom stereocenters. The molecule has 1 aliphatic heterocycles. The van der Waals surface area contributed by atoms with E-state index in [-0.39, 0.29) is 17.7 Å². The van der Waals surface area contributed by atoms with Crippen LogP contribution in [0.1, 0.15) is 42.1 Å². The Hall–Kier alpha value is -3.61. The van der Waals surface area contributed by atoms with Crippen LogP contribution in [0, 0.1) is 5.92 Å². The Morgan fingerprint density at radius 2 is 1.97 bits per heavy atom. The third-order valence-electron chi connectivity index (χ3n) is 6.15. The van der Waals surface area contributed by atoms with Crippen LogP contribution in [0.4, 0.5) is 0 Å². The molecule has 0 bridgehead atoms. The summed E-state index contributed by atoms with van der Waals surface area (Å²) in [6.45, 7) is 4.32. The highest BCUT2D eigenvalue weighted by molar-refractivity contribution is 6.00. The van der Waals surface area contributed by atoms with Crippen LogP contribution in [0.5, 0.6) is 5.75 Å². The summed E-state index contributed by atoms with van der Waals surface area (Å²) in [4.78, 5) is 28.1. The zero-order valence-corrected chi connectivity index (χ0v) is 19.9. The predicted octanol–water partition coefficient (Wildman–Crippen LogP) is 3.99. The van der Waals surface area contributed by atoms with Crippen molar-refractivity contribution >= 4 is 11.8 Å². The first kappa shape index (κ1) is 23.5. The van der Waals surface area contributed by atoms with E-state index in [9.17, 15) is 9.59 Å². The quantitative estimate of drug-likeness (QED) is 0.552.